The average molecular weight is 458 g/mol. The van der Waals surface area contributed by atoms with Crippen LogP contribution in [0.25, 0.3) is 10.9 Å². The number of nitrogens with zero attached hydrogens (tertiary/aromatic N) is 3. The summed E-state index contributed by atoms with van der Waals surface area (Å²) in [6.07, 6.45) is 2.24. The minimum absolute atomic E-state index is 0.106. The largest absolute Gasteiger partial charge is 0.455 e. The van der Waals surface area contributed by atoms with Crippen molar-refractivity contribution < 1.29 is 9.13 Å². The van der Waals surface area contributed by atoms with E-state index in [1.54, 1.807) is 12.1 Å². The highest BCUT2D eigenvalue weighted by Crippen LogP contribution is 2.33. The first-order valence-electron chi connectivity index (χ1n) is 11.3. The molecule has 170 valence electrons. The van der Waals surface area contributed by atoms with Crippen molar-refractivity contribution in [1.82, 2.24) is 14.5 Å². The number of likely N-dealkylation sites (tertiary alicyclic amines) is 1. The van der Waals surface area contributed by atoms with Crippen molar-refractivity contribution in [2.45, 2.75) is 46.1 Å². The van der Waals surface area contributed by atoms with E-state index in [1.807, 2.05) is 10.6 Å². The first-order chi connectivity index (χ1) is 15.4. The molecule has 1 saturated heterocycles. The lowest BCUT2D eigenvalue weighted by Gasteiger charge is -2.32. The van der Waals surface area contributed by atoms with E-state index in [2.05, 4.69) is 25.7 Å². The molecule has 32 heavy (non-hydrogen) atoms. The van der Waals surface area contributed by atoms with Crippen LogP contribution >= 0.6 is 11.6 Å². The van der Waals surface area contributed by atoms with Crippen molar-refractivity contribution in [3.8, 4) is 11.5 Å². The number of benzene rings is 2. The van der Waals surface area contributed by atoms with E-state index >= 15 is 0 Å². The number of ether oxygens (including phenoxy) is 1. The quantitative estimate of drug-likeness (QED) is 0.466. The monoisotopic (exact) mass is 457 g/mol. The number of fused-ring (bicyclic) bond motifs is 1. The first kappa shape index (κ1) is 22.7. The summed E-state index contributed by atoms with van der Waals surface area (Å²) in [4.78, 5) is 21.1. The van der Waals surface area contributed by atoms with E-state index in [-0.39, 0.29) is 16.5 Å². The highest BCUT2D eigenvalue weighted by Gasteiger charge is 2.23. The Morgan fingerprint density at radius 1 is 1.25 bits per heavy atom. The second-order valence-electron chi connectivity index (χ2n) is 8.77. The Morgan fingerprint density at radius 2 is 2.06 bits per heavy atom. The van der Waals surface area contributed by atoms with E-state index in [4.69, 9.17) is 21.3 Å². The third-order valence-electron chi connectivity index (χ3n) is 6.10. The third kappa shape index (κ3) is 4.66. The first-order valence-corrected chi connectivity index (χ1v) is 11.6. The molecule has 0 spiro atoms. The lowest BCUT2D eigenvalue weighted by atomic mass is 9.97. The minimum Gasteiger partial charge on any atom is -0.455 e. The van der Waals surface area contributed by atoms with Crippen molar-refractivity contribution in [3.05, 3.63) is 63.4 Å². The molecule has 0 bridgehead atoms. The summed E-state index contributed by atoms with van der Waals surface area (Å²) in [5.41, 5.74) is 0.477. The van der Waals surface area contributed by atoms with Crippen LogP contribution in [0.3, 0.4) is 0 Å². The zero-order valence-electron chi connectivity index (χ0n) is 18.8. The summed E-state index contributed by atoms with van der Waals surface area (Å²) in [5, 5.41) is 0.566. The Morgan fingerprint density at radius 3 is 2.78 bits per heavy atom. The van der Waals surface area contributed by atoms with Gasteiger partial charge in [0.05, 0.1) is 10.5 Å². The fraction of sp³-hybridized carbons (Fsp3) is 0.440. The van der Waals surface area contributed by atoms with Gasteiger partial charge in [0.2, 0.25) is 0 Å². The zero-order chi connectivity index (χ0) is 22.8. The van der Waals surface area contributed by atoms with Crippen LogP contribution in [-0.4, -0.2) is 34.1 Å². The van der Waals surface area contributed by atoms with Gasteiger partial charge in [-0.3, -0.25) is 9.36 Å². The molecule has 3 aromatic rings. The van der Waals surface area contributed by atoms with Gasteiger partial charge in [-0.05, 0) is 62.2 Å². The van der Waals surface area contributed by atoms with Crippen molar-refractivity contribution in [1.29, 1.82) is 0 Å². The molecule has 0 aliphatic carbocycles. The normalized spacial score (nSPS) is 17.2. The molecule has 2 heterocycles. The molecule has 7 heteroatoms. The topological polar surface area (TPSA) is 47.4 Å². The molecule has 1 atom stereocenters. The molecule has 1 aromatic heterocycles. The second-order valence-corrected chi connectivity index (χ2v) is 9.18. The lowest BCUT2D eigenvalue weighted by Crippen LogP contribution is -2.39. The summed E-state index contributed by atoms with van der Waals surface area (Å²) >= 11 is 6.16. The zero-order valence-corrected chi connectivity index (χ0v) is 19.5. The fourth-order valence-electron chi connectivity index (χ4n) is 4.47. The molecule has 1 aliphatic rings. The van der Waals surface area contributed by atoms with Crippen LogP contribution < -0.4 is 10.3 Å². The van der Waals surface area contributed by atoms with Gasteiger partial charge in [-0.2, -0.15) is 0 Å². The van der Waals surface area contributed by atoms with Gasteiger partial charge in [-0.1, -0.05) is 38.4 Å². The van der Waals surface area contributed by atoms with Crippen molar-refractivity contribution in [3.63, 3.8) is 0 Å². The minimum atomic E-state index is -0.445. The lowest BCUT2D eigenvalue weighted by molar-refractivity contribution is 0.168. The number of piperidine rings is 1. The Balaban J connectivity index is 1.79. The highest BCUT2D eigenvalue weighted by molar-refractivity contribution is 6.32. The molecule has 0 unspecified atom stereocenters. The van der Waals surface area contributed by atoms with Crippen molar-refractivity contribution >= 4 is 22.5 Å². The van der Waals surface area contributed by atoms with E-state index in [0.29, 0.717) is 34.9 Å². The number of halogens is 2. The second kappa shape index (κ2) is 9.59. The maximum atomic E-state index is 13.8. The van der Waals surface area contributed by atoms with Crippen LogP contribution in [0.15, 0.2) is 41.2 Å². The van der Waals surface area contributed by atoms with Crippen LogP contribution in [0, 0.1) is 11.7 Å². The molecule has 0 saturated carbocycles. The Hall–Kier alpha value is -2.44. The highest BCUT2D eigenvalue weighted by atomic mass is 35.5. The molecule has 4 rings (SSSR count). The number of aromatic nitrogens is 2. The predicted octanol–water partition coefficient (Wildman–Crippen LogP) is 5.84. The summed E-state index contributed by atoms with van der Waals surface area (Å²) in [6, 6.07) is 9.29. The number of rotatable bonds is 6. The predicted molar refractivity (Wildman–Crippen MR) is 126 cm³/mol. The van der Waals surface area contributed by atoms with Crippen molar-refractivity contribution in [2.75, 3.05) is 19.6 Å². The summed E-state index contributed by atoms with van der Waals surface area (Å²) in [5.74, 6) is 1.51. The van der Waals surface area contributed by atoms with E-state index in [9.17, 15) is 9.18 Å². The van der Waals surface area contributed by atoms with Crippen LogP contribution in [0.1, 0.15) is 45.4 Å². The van der Waals surface area contributed by atoms with Gasteiger partial charge >= 0.3 is 0 Å². The van der Waals surface area contributed by atoms with Gasteiger partial charge in [-0.25, -0.2) is 9.37 Å². The average Bonchev–Trinajstić information content (AvgIpc) is 2.77. The molecular weight excluding hydrogens is 429 g/mol. The smallest absolute Gasteiger partial charge is 0.265 e. The van der Waals surface area contributed by atoms with E-state index in [1.165, 1.54) is 18.2 Å². The molecule has 1 fully saturated rings. The van der Waals surface area contributed by atoms with Gasteiger partial charge < -0.3 is 9.64 Å². The van der Waals surface area contributed by atoms with Crippen LogP contribution in [-0.2, 0) is 6.54 Å². The Bertz CT molecular complexity index is 1180. The molecule has 0 radical (unpaired) electrons. The van der Waals surface area contributed by atoms with Crippen LogP contribution in [0.2, 0.25) is 5.02 Å². The Kier molecular flexibility index (Phi) is 6.82. The standard InChI is InChI=1S/C25H29ClFN3O2/c1-4-29-12-6-7-17(14-29)15-30-24(16(2)3)28-20-8-5-9-22(23(20)25(30)31)32-21-11-10-18(27)13-19(21)26/h5,8-11,13,16-17H,4,6-7,12,14-15H2,1-3H3/t17-/m0/s1. The van der Waals surface area contributed by atoms with Crippen molar-refractivity contribution in [2.24, 2.45) is 5.92 Å². The molecule has 0 N–H and O–H groups in total. The molecule has 1 aliphatic heterocycles. The number of hydrogen-bond donors (Lipinski definition) is 0. The number of hydrogen-bond acceptors (Lipinski definition) is 4. The summed E-state index contributed by atoms with van der Waals surface area (Å²) in [6.45, 7) is 10.1. The van der Waals surface area contributed by atoms with E-state index in [0.717, 1.165) is 38.3 Å². The van der Waals surface area contributed by atoms with Crippen LogP contribution in [0.5, 0.6) is 11.5 Å². The Labute approximate surface area is 192 Å². The fourth-order valence-corrected chi connectivity index (χ4v) is 4.68. The maximum absolute atomic E-state index is 13.8. The van der Waals surface area contributed by atoms with Gasteiger partial charge in [-0.15, -0.1) is 0 Å². The molecule has 5 nitrogen and oxygen atoms in total. The van der Waals surface area contributed by atoms with E-state index < -0.39 is 5.82 Å². The summed E-state index contributed by atoms with van der Waals surface area (Å²) < 4.78 is 21.3. The summed E-state index contributed by atoms with van der Waals surface area (Å²) in [7, 11) is 0. The van der Waals surface area contributed by atoms with Gasteiger partial charge in [0.25, 0.3) is 5.56 Å². The SMILES string of the molecule is CCN1CCC[C@H](Cn2c(C(C)C)nc3cccc(Oc4ccc(F)cc4Cl)c3c2=O)C1. The maximum Gasteiger partial charge on any atom is 0.265 e. The molecular formula is C25H29ClFN3O2. The van der Waals surface area contributed by atoms with Gasteiger partial charge in [0.15, 0.2) is 0 Å². The van der Waals surface area contributed by atoms with Gasteiger partial charge in [0.1, 0.15) is 28.5 Å². The van der Waals surface area contributed by atoms with Gasteiger partial charge in [0, 0.05) is 19.0 Å². The molecule has 0 amide bonds. The molecule has 2 aromatic carbocycles. The third-order valence-corrected chi connectivity index (χ3v) is 6.39. The van der Waals surface area contributed by atoms with Crippen LogP contribution in [0.4, 0.5) is 4.39 Å².